The predicted octanol–water partition coefficient (Wildman–Crippen LogP) is 2.07. The molecule has 0 N–H and O–H groups in total. The van der Waals surface area contributed by atoms with Crippen molar-refractivity contribution in [3.05, 3.63) is 0 Å². The molecule has 16 heavy (non-hydrogen) atoms. The summed E-state index contributed by atoms with van der Waals surface area (Å²) < 4.78 is 10.1. The van der Waals surface area contributed by atoms with E-state index in [2.05, 4.69) is 13.5 Å². The fourth-order valence-corrected chi connectivity index (χ4v) is 4.02. The maximum absolute atomic E-state index is 10.8. The molecule has 0 radical (unpaired) electrons. The smallest absolute Gasteiger partial charge is 0.302 e. The molecule has 5 heteroatoms. The minimum Gasteiger partial charge on any atom is -0.469 e. The van der Waals surface area contributed by atoms with Gasteiger partial charge in [-0.2, -0.15) is 0 Å². The summed E-state index contributed by atoms with van der Waals surface area (Å²) in [5.74, 6) is -0.531. The molecule has 0 heterocycles. The van der Waals surface area contributed by atoms with Crippen molar-refractivity contribution < 1.29 is 19.1 Å². The molecule has 0 saturated heterocycles. The summed E-state index contributed by atoms with van der Waals surface area (Å²) in [4.78, 5) is 21.6. The zero-order valence-corrected chi connectivity index (χ0v) is 11.7. The first-order chi connectivity index (χ1) is 7.39. The van der Waals surface area contributed by atoms with Gasteiger partial charge in [-0.3, -0.25) is 9.59 Å². The fraction of sp³-hybridized carbons (Fsp3) is 0.818. The van der Waals surface area contributed by atoms with E-state index in [0.717, 1.165) is 18.9 Å². The molecular formula is C11H22O4Si. The molecule has 0 aromatic carbocycles. The topological polar surface area (TPSA) is 52.6 Å². The number of esters is 2. The van der Waals surface area contributed by atoms with E-state index in [4.69, 9.17) is 9.47 Å². The highest BCUT2D eigenvalue weighted by Gasteiger charge is 2.30. The molecule has 0 aliphatic rings. The molecular weight excluding hydrogens is 224 g/mol. The van der Waals surface area contributed by atoms with E-state index in [1.165, 1.54) is 13.8 Å². The summed E-state index contributed by atoms with van der Waals surface area (Å²) in [7, 11) is -1.78. The van der Waals surface area contributed by atoms with Gasteiger partial charge in [0.1, 0.15) is 8.07 Å². The Labute approximate surface area is 98.3 Å². The van der Waals surface area contributed by atoms with Crippen molar-refractivity contribution >= 4 is 20.0 Å². The van der Waals surface area contributed by atoms with E-state index in [0.29, 0.717) is 12.5 Å². The first-order valence-electron chi connectivity index (χ1n) is 5.66. The zero-order chi connectivity index (χ0) is 12.6. The molecule has 0 aromatic heterocycles. The van der Waals surface area contributed by atoms with E-state index in [-0.39, 0.29) is 11.9 Å². The average Bonchev–Trinajstić information content (AvgIpc) is 2.21. The second-order valence-electron chi connectivity index (χ2n) is 4.47. The van der Waals surface area contributed by atoms with E-state index < -0.39 is 8.07 Å². The number of hydrogen-bond donors (Lipinski definition) is 0. The van der Waals surface area contributed by atoms with Gasteiger partial charge in [-0.25, -0.2) is 0 Å². The number of rotatable bonds is 7. The summed E-state index contributed by atoms with van der Waals surface area (Å²) in [6.07, 6.45) is 3.07. The summed E-state index contributed by atoms with van der Waals surface area (Å²) in [6, 6.07) is 1.02. The van der Waals surface area contributed by atoms with Crippen LogP contribution in [0.15, 0.2) is 0 Å². The fourth-order valence-electron chi connectivity index (χ4n) is 1.34. The summed E-state index contributed by atoms with van der Waals surface area (Å²) >= 11 is 0. The Morgan fingerprint density at radius 2 is 1.50 bits per heavy atom. The van der Waals surface area contributed by atoms with Gasteiger partial charge in [-0.05, 0) is 0 Å². The lowest BCUT2D eigenvalue weighted by Crippen LogP contribution is -2.43. The van der Waals surface area contributed by atoms with Crippen LogP contribution in [0, 0.1) is 0 Å². The number of carbonyl (C=O) groups is 2. The minimum absolute atomic E-state index is 0.266. The Hall–Kier alpha value is -0.843. The molecule has 0 fully saturated rings. The van der Waals surface area contributed by atoms with Crippen LogP contribution in [0.25, 0.3) is 0 Å². The van der Waals surface area contributed by atoms with Crippen LogP contribution < -0.4 is 0 Å². The Morgan fingerprint density at radius 1 is 1.06 bits per heavy atom. The number of hydrogen-bond acceptors (Lipinski definition) is 4. The number of unbranched alkanes of at least 4 members (excludes halogenated alkanes) is 1. The average molecular weight is 246 g/mol. The lowest BCUT2D eigenvalue weighted by atomic mass is 10.4. The third-order valence-electron chi connectivity index (χ3n) is 2.38. The van der Waals surface area contributed by atoms with Gasteiger partial charge in [0.25, 0.3) is 0 Å². The first-order valence-corrected chi connectivity index (χ1v) is 8.78. The molecule has 0 aromatic rings. The van der Waals surface area contributed by atoms with Gasteiger partial charge in [0.05, 0.1) is 12.5 Å². The van der Waals surface area contributed by atoms with Crippen LogP contribution in [0.5, 0.6) is 0 Å². The maximum atomic E-state index is 10.8. The molecule has 0 atom stereocenters. The van der Waals surface area contributed by atoms with E-state index in [1.54, 1.807) is 0 Å². The molecule has 0 aliphatic carbocycles. The molecule has 0 bridgehead atoms. The lowest BCUT2D eigenvalue weighted by Gasteiger charge is -2.25. The van der Waals surface area contributed by atoms with Crippen LogP contribution in [-0.4, -0.2) is 32.5 Å². The molecule has 0 unspecified atom stereocenters. The standard InChI is InChI=1S/C11H22O4Si/c1-5-6-7-16(4,8-14-10(2)12)9-15-11(3)13/h5-9H2,1-4H3. The van der Waals surface area contributed by atoms with Gasteiger partial charge in [0.2, 0.25) is 0 Å². The van der Waals surface area contributed by atoms with Crippen LogP contribution in [-0.2, 0) is 19.1 Å². The molecule has 0 saturated carbocycles. The number of ether oxygens (including phenoxy) is 2. The normalized spacial score (nSPS) is 11.0. The van der Waals surface area contributed by atoms with Crippen LogP contribution in [0.2, 0.25) is 12.6 Å². The largest absolute Gasteiger partial charge is 0.469 e. The molecule has 0 aliphatic heterocycles. The molecule has 4 nitrogen and oxygen atoms in total. The number of carbonyl (C=O) groups excluding carboxylic acids is 2. The Kier molecular flexibility index (Phi) is 7.04. The van der Waals surface area contributed by atoms with Gasteiger partial charge in [-0.1, -0.05) is 32.4 Å². The Balaban J connectivity index is 4.22. The van der Waals surface area contributed by atoms with Crippen LogP contribution in [0.3, 0.4) is 0 Å². The summed E-state index contributed by atoms with van der Waals surface area (Å²) in [5.41, 5.74) is 0. The summed E-state index contributed by atoms with van der Waals surface area (Å²) in [6.45, 7) is 7.03. The monoisotopic (exact) mass is 246 g/mol. The van der Waals surface area contributed by atoms with Crippen molar-refractivity contribution in [1.29, 1.82) is 0 Å². The molecule has 0 spiro atoms. The zero-order valence-electron chi connectivity index (χ0n) is 10.7. The van der Waals surface area contributed by atoms with Crippen LogP contribution >= 0.6 is 0 Å². The second-order valence-corrected chi connectivity index (χ2v) is 9.17. The molecule has 0 amide bonds. The highest BCUT2D eigenvalue weighted by Crippen LogP contribution is 2.15. The summed E-state index contributed by atoms with van der Waals surface area (Å²) in [5, 5.41) is 0. The van der Waals surface area contributed by atoms with Gasteiger partial charge >= 0.3 is 11.9 Å². The molecule has 0 rings (SSSR count). The Bertz CT molecular complexity index is 222. The van der Waals surface area contributed by atoms with Crippen molar-refractivity contribution in [3.63, 3.8) is 0 Å². The van der Waals surface area contributed by atoms with Crippen molar-refractivity contribution in [2.75, 3.05) is 12.5 Å². The van der Waals surface area contributed by atoms with E-state index >= 15 is 0 Å². The predicted molar refractivity (Wildman–Crippen MR) is 64.6 cm³/mol. The van der Waals surface area contributed by atoms with E-state index in [1.807, 2.05) is 0 Å². The molecule has 94 valence electrons. The highest BCUT2D eigenvalue weighted by molar-refractivity contribution is 6.78. The maximum Gasteiger partial charge on any atom is 0.302 e. The quantitative estimate of drug-likeness (QED) is 0.510. The Morgan fingerprint density at radius 3 is 1.81 bits per heavy atom. The van der Waals surface area contributed by atoms with Crippen molar-refractivity contribution in [2.45, 2.75) is 46.2 Å². The highest BCUT2D eigenvalue weighted by atomic mass is 28.3. The third-order valence-corrected chi connectivity index (χ3v) is 5.62. The van der Waals surface area contributed by atoms with Gasteiger partial charge < -0.3 is 9.47 Å². The third kappa shape index (κ3) is 7.45. The second kappa shape index (κ2) is 7.43. The van der Waals surface area contributed by atoms with Crippen molar-refractivity contribution in [1.82, 2.24) is 0 Å². The minimum atomic E-state index is -1.78. The van der Waals surface area contributed by atoms with Crippen LogP contribution in [0.1, 0.15) is 33.6 Å². The SMILES string of the molecule is CCCC[Si](C)(COC(C)=O)COC(C)=O. The van der Waals surface area contributed by atoms with Gasteiger partial charge in [0.15, 0.2) is 0 Å². The van der Waals surface area contributed by atoms with Crippen molar-refractivity contribution in [3.8, 4) is 0 Å². The van der Waals surface area contributed by atoms with Crippen LogP contribution in [0.4, 0.5) is 0 Å². The van der Waals surface area contributed by atoms with E-state index in [9.17, 15) is 9.59 Å². The van der Waals surface area contributed by atoms with Gasteiger partial charge in [-0.15, -0.1) is 0 Å². The van der Waals surface area contributed by atoms with Gasteiger partial charge in [0, 0.05) is 13.8 Å². The first kappa shape index (κ1) is 15.2. The van der Waals surface area contributed by atoms with Crippen molar-refractivity contribution in [2.24, 2.45) is 0 Å². The lowest BCUT2D eigenvalue weighted by molar-refractivity contribution is -0.139.